The first-order valence-corrected chi connectivity index (χ1v) is 8.25. The molecule has 2 aliphatic rings. The summed E-state index contributed by atoms with van der Waals surface area (Å²) in [6.45, 7) is 5.01. The molecule has 1 aromatic heterocycles. The van der Waals surface area contributed by atoms with Gasteiger partial charge in [-0.2, -0.15) is 0 Å². The number of fused-ring (bicyclic) bond motifs is 1. The second-order valence-electron chi connectivity index (χ2n) is 5.79. The molecule has 0 spiro atoms. The number of rotatable bonds is 5. The molecule has 0 aliphatic heterocycles. The van der Waals surface area contributed by atoms with Crippen LogP contribution in [0.3, 0.4) is 0 Å². The van der Waals surface area contributed by atoms with Crippen LogP contribution in [0.5, 0.6) is 0 Å². The van der Waals surface area contributed by atoms with E-state index >= 15 is 0 Å². The number of carbonyl (C=O) groups is 1. The van der Waals surface area contributed by atoms with Gasteiger partial charge in [-0.1, -0.05) is 13.3 Å². The lowest BCUT2D eigenvalue weighted by Crippen LogP contribution is -2.28. The van der Waals surface area contributed by atoms with Crippen molar-refractivity contribution in [3.63, 3.8) is 0 Å². The molecule has 3 rings (SSSR count). The fourth-order valence-electron chi connectivity index (χ4n) is 3.54. The molecule has 0 radical (unpaired) electrons. The summed E-state index contributed by atoms with van der Waals surface area (Å²) < 4.78 is 0. The van der Waals surface area contributed by atoms with Gasteiger partial charge in [0.15, 0.2) is 0 Å². The second kappa shape index (κ2) is 5.23. The molecule has 0 aromatic carbocycles. The van der Waals surface area contributed by atoms with Crippen LogP contribution in [-0.2, 0) is 17.6 Å². The van der Waals surface area contributed by atoms with E-state index in [2.05, 4.69) is 24.1 Å². The van der Waals surface area contributed by atoms with Crippen LogP contribution in [0, 0.1) is 24.7 Å². The van der Waals surface area contributed by atoms with Crippen LogP contribution < -0.4 is 5.32 Å². The van der Waals surface area contributed by atoms with Crippen LogP contribution in [0.1, 0.15) is 41.8 Å². The van der Waals surface area contributed by atoms with Gasteiger partial charge in [-0.05, 0) is 38.0 Å². The first kappa shape index (κ1) is 13.1. The Morgan fingerprint density at radius 3 is 2.79 bits per heavy atom. The van der Waals surface area contributed by atoms with E-state index < -0.39 is 0 Å². The molecule has 1 amide bonds. The van der Waals surface area contributed by atoms with Crippen LogP contribution >= 0.6 is 11.3 Å². The predicted octanol–water partition coefficient (Wildman–Crippen LogP) is 2.72. The van der Waals surface area contributed by atoms with Crippen LogP contribution in [0.15, 0.2) is 0 Å². The third-order valence-electron chi connectivity index (χ3n) is 4.62. The van der Waals surface area contributed by atoms with Crippen LogP contribution in [0.25, 0.3) is 0 Å². The maximum Gasteiger partial charge on any atom is 0.223 e. The molecule has 2 atom stereocenters. The number of nitrogens with zero attached hydrogens (tertiary/aromatic N) is 1. The summed E-state index contributed by atoms with van der Waals surface area (Å²) in [7, 11) is 0. The Labute approximate surface area is 118 Å². The molecule has 1 aromatic rings. The molecule has 0 saturated heterocycles. The van der Waals surface area contributed by atoms with Crippen LogP contribution in [0.4, 0.5) is 0 Å². The quantitative estimate of drug-likeness (QED) is 0.900. The number of aromatic nitrogens is 1. The van der Waals surface area contributed by atoms with Crippen molar-refractivity contribution in [2.75, 3.05) is 6.54 Å². The minimum atomic E-state index is 0.290. The van der Waals surface area contributed by atoms with Gasteiger partial charge in [0.2, 0.25) is 5.91 Å². The zero-order valence-electron chi connectivity index (χ0n) is 11.7. The summed E-state index contributed by atoms with van der Waals surface area (Å²) in [6, 6.07) is 0. The van der Waals surface area contributed by atoms with Crippen molar-refractivity contribution in [1.82, 2.24) is 10.3 Å². The SMILES string of the molecule is CCc1nc(CCNC(=O)C2[C@@H]3CCC[C@@H]23)sc1C. The molecule has 0 bridgehead atoms. The first-order valence-electron chi connectivity index (χ1n) is 7.43. The Morgan fingerprint density at radius 1 is 1.42 bits per heavy atom. The largest absolute Gasteiger partial charge is 0.355 e. The third kappa shape index (κ3) is 2.55. The smallest absolute Gasteiger partial charge is 0.223 e. The molecule has 0 unspecified atom stereocenters. The van der Waals surface area contributed by atoms with Gasteiger partial charge in [-0.25, -0.2) is 4.98 Å². The van der Waals surface area contributed by atoms with E-state index in [1.165, 1.54) is 29.8 Å². The Kier molecular flexibility index (Phi) is 3.61. The van der Waals surface area contributed by atoms with Crippen molar-refractivity contribution in [1.29, 1.82) is 0 Å². The van der Waals surface area contributed by atoms with Crippen molar-refractivity contribution in [2.45, 2.75) is 46.0 Å². The zero-order chi connectivity index (χ0) is 13.4. The highest BCUT2D eigenvalue weighted by atomic mass is 32.1. The summed E-state index contributed by atoms with van der Waals surface area (Å²) in [6.07, 6.45) is 5.75. The normalized spacial score (nSPS) is 28.2. The number of nitrogens with one attached hydrogen (secondary N) is 1. The summed E-state index contributed by atoms with van der Waals surface area (Å²) in [4.78, 5) is 17.9. The van der Waals surface area contributed by atoms with E-state index in [-0.39, 0.29) is 0 Å². The summed E-state index contributed by atoms with van der Waals surface area (Å²) in [5.74, 6) is 2.07. The molecule has 1 N–H and O–H groups in total. The van der Waals surface area contributed by atoms with E-state index in [1.807, 2.05) is 0 Å². The fraction of sp³-hybridized carbons (Fsp3) is 0.733. The maximum absolute atomic E-state index is 12.0. The van der Waals surface area contributed by atoms with Gasteiger partial charge in [0.25, 0.3) is 0 Å². The lowest BCUT2D eigenvalue weighted by molar-refractivity contribution is -0.123. The number of aryl methyl sites for hydroxylation is 2. The number of thiazole rings is 1. The predicted molar refractivity (Wildman–Crippen MR) is 77.3 cm³/mol. The summed E-state index contributed by atoms with van der Waals surface area (Å²) >= 11 is 1.77. The van der Waals surface area contributed by atoms with Crippen molar-refractivity contribution in [3.05, 3.63) is 15.6 Å². The van der Waals surface area contributed by atoms with Gasteiger partial charge in [0.05, 0.1) is 10.7 Å². The van der Waals surface area contributed by atoms with E-state index in [0.29, 0.717) is 23.7 Å². The standard InChI is InChI=1S/C15H22N2OS/c1-3-12-9(2)19-13(17-12)7-8-16-15(18)14-10-5-4-6-11(10)14/h10-11,14H,3-8H2,1-2H3,(H,16,18)/t10-,11-/m1/s1. The second-order valence-corrected chi connectivity index (χ2v) is 7.08. The molecule has 1 heterocycles. The average molecular weight is 278 g/mol. The Hall–Kier alpha value is -0.900. The molecule has 3 nitrogen and oxygen atoms in total. The number of carbonyl (C=O) groups excluding carboxylic acids is 1. The minimum absolute atomic E-state index is 0.290. The van der Waals surface area contributed by atoms with Crippen LogP contribution in [-0.4, -0.2) is 17.4 Å². The topological polar surface area (TPSA) is 42.0 Å². The summed E-state index contributed by atoms with van der Waals surface area (Å²) in [5.41, 5.74) is 1.21. The first-order chi connectivity index (χ1) is 9.20. The van der Waals surface area contributed by atoms with E-state index in [1.54, 1.807) is 11.3 Å². The molecular formula is C15H22N2OS. The Bertz CT molecular complexity index is 472. The highest BCUT2D eigenvalue weighted by Gasteiger charge is 2.56. The van der Waals surface area contributed by atoms with Gasteiger partial charge < -0.3 is 5.32 Å². The molecular weight excluding hydrogens is 256 g/mol. The minimum Gasteiger partial charge on any atom is -0.355 e. The maximum atomic E-state index is 12.0. The molecule has 2 saturated carbocycles. The lowest BCUT2D eigenvalue weighted by Gasteiger charge is -2.05. The van der Waals surface area contributed by atoms with Crippen molar-refractivity contribution >= 4 is 17.2 Å². The fourth-order valence-corrected chi connectivity index (χ4v) is 4.56. The number of amides is 1. The van der Waals surface area contributed by atoms with Gasteiger partial charge >= 0.3 is 0 Å². The summed E-state index contributed by atoms with van der Waals surface area (Å²) in [5, 5.41) is 4.25. The molecule has 19 heavy (non-hydrogen) atoms. The van der Waals surface area contributed by atoms with Crippen molar-refractivity contribution in [2.24, 2.45) is 17.8 Å². The number of hydrogen-bond acceptors (Lipinski definition) is 3. The van der Waals surface area contributed by atoms with E-state index in [9.17, 15) is 4.79 Å². The van der Waals surface area contributed by atoms with Crippen LogP contribution in [0.2, 0.25) is 0 Å². The van der Waals surface area contributed by atoms with E-state index in [4.69, 9.17) is 0 Å². The highest BCUT2D eigenvalue weighted by Crippen LogP contribution is 2.57. The Balaban J connectivity index is 1.44. The monoisotopic (exact) mass is 278 g/mol. The molecule has 2 fully saturated rings. The third-order valence-corrected chi connectivity index (χ3v) is 5.69. The van der Waals surface area contributed by atoms with Gasteiger partial charge in [-0.15, -0.1) is 11.3 Å². The van der Waals surface area contributed by atoms with Crippen molar-refractivity contribution in [3.8, 4) is 0 Å². The van der Waals surface area contributed by atoms with Gasteiger partial charge in [0.1, 0.15) is 0 Å². The molecule has 104 valence electrons. The molecule has 2 aliphatic carbocycles. The lowest BCUT2D eigenvalue weighted by atomic mass is 10.1. The highest BCUT2D eigenvalue weighted by molar-refractivity contribution is 7.11. The zero-order valence-corrected chi connectivity index (χ0v) is 12.6. The van der Waals surface area contributed by atoms with E-state index in [0.717, 1.165) is 24.4 Å². The molecule has 4 heteroatoms. The van der Waals surface area contributed by atoms with Crippen molar-refractivity contribution < 1.29 is 4.79 Å². The number of hydrogen-bond donors (Lipinski definition) is 1. The average Bonchev–Trinajstić information content (AvgIpc) is 2.74. The van der Waals surface area contributed by atoms with Gasteiger partial charge in [0, 0.05) is 23.8 Å². The van der Waals surface area contributed by atoms with Gasteiger partial charge in [-0.3, -0.25) is 4.79 Å². The Morgan fingerprint density at radius 2 is 2.16 bits per heavy atom.